The number of carbonyl (C=O) groups excluding carboxylic acids is 2. The summed E-state index contributed by atoms with van der Waals surface area (Å²) < 4.78 is 1.63. The highest BCUT2D eigenvalue weighted by atomic mass is 35.5. The predicted molar refractivity (Wildman–Crippen MR) is 95.1 cm³/mol. The number of rotatable bonds is 4. The minimum Gasteiger partial charge on any atom is -0.347 e. The molecule has 1 aromatic carbocycles. The predicted octanol–water partition coefficient (Wildman–Crippen LogP) is 3.13. The van der Waals surface area contributed by atoms with Crippen LogP contribution in [0.1, 0.15) is 33.9 Å². The molecule has 6 nitrogen and oxygen atoms in total. The van der Waals surface area contributed by atoms with Crippen molar-refractivity contribution in [3.8, 4) is 0 Å². The maximum atomic E-state index is 12.6. The van der Waals surface area contributed by atoms with Crippen LogP contribution < -0.4 is 10.6 Å². The van der Waals surface area contributed by atoms with Gasteiger partial charge in [-0.3, -0.25) is 14.0 Å². The van der Waals surface area contributed by atoms with Crippen LogP contribution in [0.3, 0.4) is 0 Å². The molecule has 126 valence electrons. The first-order chi connectivity index (χ1) is 12.1. The zero-order valence-corrected chi connectivity index (χ0v) is 14.0. The van der Waals surface area contributed by atoms with E-state index in [-0.39, 0.29) is 23.5 Å². The molecule has 4 rings (SSSR count). The molecule has 25 heavy (non-hydrogen) atoms. The summed E-state index contributed by atoms with van der Waals surface area (Å²) in [6.07, 6.45) is 3.69. The number of benzene rings is 1. The van der Waals surface area contributed by atoms with Gasteiger partial charge in [0.05, 0.1) is 5.52 Å². The molecule has 2 N–H and O–H groups in total. The minimum absolute atomic E-state index is 0.196. The number of hydrogen-bond acceptors (Lipinski definition) is 3. The summed E-state index contributed by atoms with van der Waals surface area (Å²) in [6.45, 7) is 0. The SMILES string of the molecule is O=C(Nc1cccc(Cl)c1)c1nc(C(=O)NC2CC2)n2ccccc12. The van der Waals surface area contributed by atoms with Crippen LogP contribution in [0.25, 0.3) is 5.52 Å². The first-order valence-electron chi connectivity index (χ1n) is 7.97. The number of carbonyl (C=O) groups is 2. The molecule has 0 saturated heterocycles. The number of nitrogens with zero attached hydrogens (tertiary/aromatic N) is 2. The van der Waals surface area contributed by atoms with Crippen molar-refractivity contribution in [3.05, 3.63) is 65.2 Å². The Hall–Kier alpha value is -2.86. The van der Waals surface area contributed by atoms with Crippen LogP contribution >= 0.6 is 11.6 Å². The third kappa shape index (κ3) is 3.21. The number of fused-ring (bicyclic) bond motifs is 1. The summed E-state index contributed by atoms with van der Waals surface area (Å²) in [4.78, 5) is 29.3. The van der Waals surface area contributed by atoms with E-state index in [1.807, 2.05) is 0 Å². The zero-order valence-electron chi connectivity index (χ0n) is 13.2. The summed E-state index contributed by atoms with van der Waals surface area (Å²) in [5, 5.41) is 6.19. The first kappa shape index (κ1) is 15.7. The van der Waals surface area contributed by atoms with E-state index in [4.69, 9.17) is 11.6 Å². The van der Waals surface area contributed by atoms with Crippen molar-refractivity contribution in [2.24, 2.45) is 0 Å². The lowest BCUT2D eigenvalue weighted by Crippen LogP contribution is -2.27. The number of halogens is 1. The molecule has 1 fully saturated rings. The molecule has 1 saturated carbocycles. The Bertz CT molecular complexity index is 978. The summed E-state index contributed by atoms with van der Waals surface area (Å²) in [5.41, 5.74) is 1.34. The van der Waals surface area contributed by atoms with Crippen molar-refractivity contribution >= 4 is 34.6 Å². The van der Waals surface area contributed by atoms with Gasteiger partial charge in [-0.1, -0.05) is 23.7 Å². The van der Waals surface area contributed by atoms with Crippen molar-refractivity contribution in [2.45, 2.75) is 18.9 Å². The Morgan fingerprint density at radius 2 is 1.96 bits per heavy atom. The first-order valence-corrected chi connectivity index (χ1v) is 8.34. The van der Waals surface area contributed by atoms with Crippen molar-refractivity contribution < 1.29 is 9.59 Å². The number of aromatic nitrogens is 2. The molecule has 0 unspecified atom stereocenters. The fraction of sp³-hybridized carbons (Fsp3) is 0.167. The van der Waals surface area contributed by atoms with Crippen LogP contribution in [0, 0.1) is 0 Å². The monoisotopic (exact) mass is 354 g/mol. The smallest absolute Gasteiger partial charge is 0.287 e. The van der Waals surface area contributed by atoms with Crippen LogP contribution in [0.4, 0.5) is 5.69 Å². The average Bonchev–Trinajstić information content (AvgIpc) is 3.32. The standard InChI is InChI=1S/C18H15ClN4O2/c19-11-4-3-5-13(10-11)21-17(24)15-14-6-1-2-9-23(14)16(22-15)18(25)20-12-7-8-12/h1-6,9-10,12H,7-8H2,(H,20,25)(H,21,24). The molecule has 3 aromatic rings. The number of hydrogen-bond donors (Lipinski definition) is 2. The molecule has 0 radical (unpaired) electrons. The van der Waals surface area contributed by atoms with Crippen LogP contribution in [-0.2, 0) is 0 Å². The van der Waals surface area contributed by atoms with E-state index in [9.17, 15) is 9.59 Å². The zero-order chi connectivity index (χ0) is 17.4. The van der Waals surface area contributed by atoms with Gasteiger partial charge in [-0.25, -0.2) is 4.98 Å². The summed E-state index contributed by atoms with van der Waals surface area (Å²) in [6, 6.07) is 12.4. The van der Waals surface area contributed by atoms with Crippen molar-refractivity contribution in [1.29, 1.82) is 0 Å². The highest BCUT2D eigenvalue weighted by Crippen LogP contribution is 2.21. The lowest BCUT2D eigenvalue weighted by molar-refractivity contribution is 0.0940. The van der Waals surface area contributed by atoms with E-state index in [1.54, 1.807) is 53.1 Å². The summed E-state index contributed by atoms with van der Waals surface area (Å²) >= 11 is 5.95. The largest absolute Gasteiger partial charge is 0.347 e. The third-order valence-corrected chi connectivity index (χ3v) is 4.20. The number of anilines is 1. The molecule has 1 aliphatic rings. The van der Waals surface area contributed by atoms with Gasteiger partial charge in [-0.05, 0) is 43.2 Å². The summed E-state index contributed by atoms with van der Waals surface area (Å²) in [7, 11) is 0. The van der Waals surface area contributed by atoms with Crippen LogP contribution in [0.5, 0.6) is 0 Å². The molecule has 0 bridgehead atoms. The Balaban J connectivity index is 1.68. The minimum atomic E-state index is -0.392. The van der Waals surface area contributed by atoms with Gasteiger partial charge in [0, 0.05) is 22.9 Å². The quantitative estimate of drug-likeness (QED) is 0.755. The van der Waals surface area contributed by atoms with Gasteiger partial charge in [-0.2, -0.15) is 0 Å². The Kier molecular flexibility index (Phi) is 3.89. The fourth-order valence-corrected chi connectivity index (χ4v) is 2.79. The van der Waals surface area contributed by atoms with E-state index < -0.39 is 5.91 Å². The highest BCUT2D eigenvalue weighted by molar-refractivity contribution is 6.31. The highest BCUT2D eigenvalue weighted by Gasteiger charge is 2.27. The Labute approximate surface area is 148 Å². The second-order valence-electron chi connectivity index (χ2n) is 5.95. The van der Waals surface area contributed by atoms with E-state index in [0.29, 0.717) is 16.2 Å². The second kappa shape index (κ2) is 6.22. The molecule has 2 amide bonds. The molecule has 7 heteroatoms. The number of pyridine rings is 1. The van der Waals surface area contributed by atoms with Crippen LogP contribution in [0.2, 0.25) is 5.02 Å². The average molecular weight is 355 g/mol. The second-order valence-corrected chi connectivity index (χ2v) is 6.39. The Morgan fingerprint density at radius 3 is 2.72 bits per heavy atom. The van der Waals surface area contributed by atoms with E-state index in [1.165, 1.54) is 0 Å². The van der Waals surface area contributed by atoms with Gasteiger partial charge >= 0.3 is 0 Å². The third-order valence-electron chi connectivity index (χ3n) is 3.96. The van der Waals surface area contributed by atoms with Gasteiger partial charge in [0.1, 0.15) is 0 Å². The van der Waals surface area contributed by atoms with Gasteiger partial charge in [-0.15, -0.1) is 0 Å². The maximum Gasteiger partial charge on any atom is 0.287 e. The van der Waals surface area contributed by atoms with Crippen LogP contribution in [-0.4, -0.2) is 27.2 Å². The molecular formula is C18H15ClN4O2. The summed E-state index contributed by atoms with van der Waals surface area (Å²) in [5.74, 6) is -0.458. The molecule has 0 aliphatic heterocycles. The molecule has 2 aromatic heterocycles. The molecule has 0 atom stereocenters. The molecule has 1 aliphatic carbocycles. The van der Waals surface area contributed by atoms with Crippen molar-refractivity contribution in [2.75, 3.05) is 5.32 Å². The maximum absolute atomic E-state index is 12.6. The van der Waals surface area contributed by atoms with E-state index in [0.717, 1.165) is 12.8 Å². The topological polar surface area (TPSA) is 75.5 Å². The van der Waals surface area contributed by atoms with Crippen LogP contribution in [0.15, 0.2) is 48.7 Å². The molecule has 2 heterocycles. The van der Waals surface area contributed by atoms with Crippen molar-refractivity contribution in [3.63, 3.8) is 0 Å². The lowest BCUT2D eigenvalue weighted by atomic mass is 10.3. The lowest BCUT2D eigenvalue weighted by Gasteiger charge is -2.03. The van der Waals surface area contributed by atoms with Gasteiger partial charge in [0.25, 0.3) is 11.8 Å². The normalized spacial score (nSPS) is 13.6. The van der Waals surface area contributed by atoms with E-state index >= 15 is 0 Å². The fourth-order valence-electron chi connectivity index (χ4n) is 2.60. The van der Waals surface area contributed by atoms with Gasteiger partial charge < -0.3 is 10.6 Å². The number of nitrogens with one attached hydrogen (secondary N) is 2. The van der Waals surface area contributed by atoms with Gasteiger partial charge in [0.15, 0.2) is 5.69 Å². The number of imidazole rings is 1. The number of amides is 2. The Morgan fingerprint density at radius 1 is 1.12 bits per heavy atom. The molecular weight excluding hydrogens is 340 g/mol. The molecule has 0 spiro atoms. The van der Waals surface area contributed by atoms with Crippen molar-refractivity contribution in [1.82, 2.24) is 14.7 Å². The van der Waals surface area contributed by atoms with Gasteiger partial charge in [0.2, 0.25) is 5.82 Å². The van der Waals surface area contributed by atoms with E-state index in [2.05, 4.69) is 15.6 Å².